The molecule has 1 aliphatic rings. The minimum atomic E-state index is -1.20. The molecule has 116 valence electrons. The van der Waals surface area contributed by atoms with E-state index in [1.807, 2.05) is 0 Å². The maximum atomic E-state index is 12.3. The summed E-state index contributed by atoms with van der Waals surface area (Å²) in [5.74, 6) is -3.06. The van der Waals surface area contributed by atoms with Gasteiger partial charge in [0.1, 0.15) is 12.1 Å². The number of carboxylic acid groups (broad SMARTS) is 1. The second kappa shape index (κ2) is 5.88. The van der Waals surface area contributed by atoms with Gasteiger partial charge in [0, 0.05) is 4.47 Å². The largest absolute Gasteiger partial charge is 0.480 e. The number of carboxylic acids is 1. The zero-order chi connectivity index (χ0) is 16.6. The van der Waals surface area contributed by atoms with Crippen LogP contribution in [-0.4, -0.2) is 45.8 Å². The highest BCUT2D eigenvalue weighted by Gasteiger charge is 2.41. The lowest BCUT2D eigenvalue weighted by atomic mass is 10.1. The van der Waals surface area contributed by atoms with Gasteiger partial charge >= 0.3 is 5.97 Å². The van der Waals surface area contributed by atoms with E-state index in [1.54, 1.807) is 6.07 Å². The Labute approximate surface area is 134 Å². The van der Waals surface area contributed by atoms with Gasteiger partial charge in [0.05, 0.1) is 11.1 Å². The van der Waals surface area contributed by atoms with E-state index < -0.39 is 35.8 Å². The smallest absolute Gasteiger partial charge is 0.325 e. The molecule has 1 aromatic carbocycles. The maximum Gasteiger partial charge on any atom is 0.325 e. The molecule has 0 radical (unpaired) electrons. The van der Waals surface area contributed by atoms with Gasteiger partial charge in [0.15, 0.2) is 0 Å². The van der Waals surface area contributed by atoms with Gasteiger partial charge < -0.3 is 10.4 Å². The van der Waals surface area contributed by atoms with Crippen LogP contribution >= 0.6 is 15.9 Å². The van der Waals surface area contributed by atoms with Gasteiger partial charge in [-0.05, 0) is 32.0 Å². The summed E-state index contributed by atoms with van der Waals surface area (Å²) in [6.45, 7) is 2.67. The van der Waals surface area contributed by atoms with Gasteiger partial charge in [0.25, 0.3) is 11.8 Å². The lowest BCUT2D eigenvalue weighted by molar-refractivity contribution is -0.141. The van der Waals surface area contributed by atoms with Gasteiger partial charge in [-0.25, -0.2) is 0 Å². The average Bonchev–Trinajstić information content (AvgIpc) is 2.69. The van der Waals surface area contributed by atoms with Crippen molar-refractivity contribution in [3.63, 3.8) is 0 Å². The molecule has 0 aliphatic carbocycles. The molecule has 22 heavy (non-hydrogen) atoms. The fourth-order valence-corrected chi connectivity index (χ4v) is 2.46. The van der Waals surface area contributed by atoms with Gasteiger partial charge in [-0.1, -0.05) is 15.9 Å². The number of fused-ring (bicyclic) bond motifs is 1. The van der Waals surface area contributed by atoms with E-state index in [4.69, 9.17) is 5.11 Å². The van der Waals surface area contributed by atoms with Crippen LogP contribution in [0.1, 0.15) is 34.6 Å². The summed E-state index contributed by atoms with van der Waals surface area (Å²) in [6, 6.07) is 2.43. The number of rotatable bonds is 4. The molecule has 1 heterocycles. The molecule has 2 atom stereocenters. The van der Waals surface area contributed by atoms with Crippen LogP contribution in [0, 0.1) is 0 Å². The van der Waals surface area contributed by atoms with E-state index in [1.165, 1.54) is 26.0 Å². The molecule has 7 nitrogen and oxygen atoms in total. The number of halogens is 1. The van der Waals surface area contributed by atoms with Crippen LogP contribution in [-0.2, 0) is 9.59 Å². The summed E-state index contributed by atoms with van der Waals surface area (Å²) in [4.78, 5) is 48.2. The van der Waals surface area contributed by atoms with Gasteiger partial charge in [0.2, 0.25) is 5.91 Å². The molecule has 2 unspecified atom stereocenters. The molecule has 0 spiro atoms. The zero-order valence-corrected chi connectivity index (χ0v) is 13.4. The third-order valence-electron chi connectivity index (χ3n) is 3.38. The van der Waals surface area contributed by atoms with E-state index in [9.17, 15) is 19.2 Å². The number of hydrogen-bond acceptors (Lipinski definition) is 4. The maximum absolute atomic E-state index is 12.3. The van der Waals surface area contributed by atoms with E-state index in [0.29, 0.717) is 4.47 Å². The summed E-state index contributed by atoms with van der Waals surface area (Å²) < 4.78 is 0.644. The van der Waals surface area contributed by atoms with Crippen LogP contribution in [0.15, 0.2) is 22.7 Å². The quantitative estimate of drug-likeness (QED) is 0.772. The van der Waals surface area contributed by atoms with Crippen molar-refractivity contribution >= 4 is 39.6 Å². The van der Waals surface area contributed by atoms with Crippen molar-refractivity contribution in [1.29, 1.82) is 0 Å². The number of imide groups is 1. The third-order valence-corrected chi connectivity index (χ3v) is 3.87. The Morgan fingerprint density at radius 3 is 2.36 bits per heavy atom. The molecule has 0 saturated heterocycles. The Hall–Kier alpha value is -2.22. The van der Waals surface area contributed by atoms with Crippen LogP contribution in [0.25, 0.3) is 0 Å². The molecule has 8 heteroatoms. The molecule has 2 rings (SSSR count). The van der Waals surface area contributed by atoms with Crippen molar-refractivity contribution in [2.75, 3.05) is 0 Å². The monoisotopic (exact) mass is 368 g/mol. The van der Waals surface area contributed by atoms with Gasteiger partial charge in [-0.2, -0.15) is 0 Å². The Kier molecular flexibility index (Phi) is 4.32. The van der Waals surface area contributed by atoms with Gasteiger partial charge in [-0.3, -0.25) is 24.1 Å². The van der Waals surface area contributed by atoms with Gasteiger partial charge in [-0.15, -0.1) is 0 Å². The predicted molar refractivity (Wildman–Crippen MR) is 79.3 cm³/mol. The first-order valence-corrected chi connectivity index (χ1v) is 7.24. The molecule has 2 N–H and O–H groups in total. The molecular formula is C14H13BrN2O5. The molecule has 0 saturated carbocycles. The highest BCUT2D eigenvalue weighted by Crippen LogP contribution is 2.27. The Morgan fingerprint density at radius 1 is 1.18 bits per heavy atom. The first kappa shape index (κ1) is 16.2. The average molecular weight is 369 g/mol. The molecule has 1 aliphatic heterocycles. The number of nitrogens with one attached hydrogen (secondary N) is 1. The van der Waals surface area contributed by atoms with Crippen molar-refractivity contribution < 1.29 is 24.3 Å². The summed E-state index contributed by atoms with van der Waals surface area (Å²) in [5, 5.41) is 11.0. The number of benzene rings is 1. The number of carbonyl (C=O) groups is 4. The first-order valence-electron chi connectivity index (χ1n) is 6.44. The summed E-state index contributed by atoms with van der Waals surface area (Å²) in [7, 11) is 0. The Morgan fingerprint density at radius 2 is 1.77 bits per heavy atom. The summed E-state index contributed by atoms with van der Waals surface area (Å²) in [5.41, 5.74) is 0.435. The van der Waals surface area contributed by atoms with E-state index >= 15 is 0 Å². The lowest BCUT2D eigenvalue weighted by Crippen LogP contribution is -2.51. The van der Waals surface area contributed by atoms with E-state index in [2.05, 4.69) is 21.2 Å². The molecule has 0 bridgehead atoms. The van der Waals surface area contributed by atoms with Crippen molar-refractivity contribution in [1.82, 2.24) is 10.2 Å². The second-order valence-corrected chi connectivity index (χ2v) is 5.83. The SMILES string of the molecule is CC(NC(=O)C(C)N1C(=O)c2ccc(Br)cc2C1=O)C(=O)O. The van der Waals surface area contributed by atoms with Crippen molar-refractivity contribution in [3.8, 4) is 0 Å². The van der Waals surface area contributed by atoms with Crippen molar-refractivity contribution in [2.24, 2.45) is 0 Å². The number of hydrogen-bond donors (Lipinski definition) is 2. The van der Waals surface area contributed by atoms with E-state index in [0.717, 1.165) is 4.90 Å². The lowest BCUT2D eigenvalue weighted by Gasteiger charge is -2.22. The van der Waals surface area contributed by atoms with E-state index in [-0.39, 0.29) is 11.1 Å². The minimum Gasteiger partial charge on any atom is -0.480 e. The highest BCUT2D eigenvalue weighted by atomic mass is 79.9. The fourth-order valence-electron chi connectivity index (χ4n) is 2.10. The Bertz CT molecular complexity index is 688. The van der Waals surface area contributed by atoms with Crippen molar-refractivity contribution in [2.45, 2.75) is 25.9 Å². The minimum absolute atomic E-state index is 0.213. The second-order valence-electron chi connectivity index (χ2n) is 4.91. The Balaban J connectivity index is 2.24. The third kappa shape index (κ3) is 2.74. The summed E-state index contributed by atoms with van der Waals surface area (Å²) >= 11 is 3.22. The van der Waals surface area contributed by atoms with Crippen LogP contribution in [0.4, 0.5) is 0 Å². The fraction of sp³-hybridized carbons (Fsp3) is 0.286. The van der Waals surface area contributed by atoms with Crippen LogP contribution in [0.2, 0.25) is 0 Å². The number of carbonyl (C=O) groups excluding carboxylic acids is 3. The zero-order valence-electron chi connectivity index (χ0n) is 11.8. The molecule has 0 fully saturated rings. The highest BCUT2D eigenvalue weighted by molar-refractivity contribution is 9.10. The van der Waals surface area contributed by atoms with Crippen molar-refractivity contribution in [3.05, 3.63) is 33.8 Å². The molecule has 1 aromatic rings. The van der Waals surface area contributed by atoms with Crippen LogP contribution < -0.4 is 5.32 Å². The standard InChI is InChI=1S/C14H13BrN2O5/c1-6(14(21)22)16-11(18)7(2)17-12(19)9-4-3-8(15)5-10(9)13(17)20/h3-7H,1-2H3,(H,16,18)(H,21,22). The number of nitrogens with zero attached hydrogens (tertiary/aromatic N) is 1. The molecular weight excluding hydrogens is 356 g/mol. The predicted octanol–water partition coefficient (Wildman–Crippen LogP) is 1.02. The number of aliphatic carboxylic acids is 1. The number of amides is 3. The van der Waals surface area contributed by atoms with Crippen LogP contribution in [0.5, 0.6) is 0 Å². The summed E-state index contributed by atoms with van der Waals surface area (Å²) in [6.07, 6.45) is 0. The topological polar surface area (TPSA) is 104 Å². The molecule has 3 amide bonds. The molecule has 0 aromatic heterocycles. The van der Waals surface area contributed by atoms with Crippen LogP contribution in [0.3, 0.4) is 0 Å². The normalized spacial score (nSPS) is 16.2. The first-order chi connectivity index (χ1) is 10.2.